The van der Waals surface area contributed by atoms with Gasteiger partial charge in [-0.05, 0) is 42.8 Å². The monoisotopic (exact) mass is 393 g/mol. The molecule has 4 aromatic rings. The van der Waals surface area contributed by atoms with Crippen molar-refractivity contribution < 1.29 is 9.47 Å². The van der Waals surface area contributed by atoms with Crippen molar-refractivity contribution in [2.24, 2.45) is 0 Å². The van der Waals surface area contributed by atoms with Gasteiger partial charge in [-0.1, -0.05) is 23.7 Å². The zero-order chi connectivity index (χ0) is 19.3. The molecule has 0 unspecified atom stereocenters. The molecule has 0 aliphatic carbocycles. The molecule has 2 aromatic heterocycles. The molecule has 1 aliphatic rings. The third-order valence-electron chi connectivity index (χ3n) is 4.88. The van der Waals surface area contributed by atoms with Crippen molar-refractivity contribution in [1.82, 2.24) is 14.6 Å². The minimum Gasteiger partial charge on any atom is -0.454 e. The lowest BCUT2D eigenvalue weighted by Gasteiger charge is -2.05. The van der Waals surface area contributed by atoms with Crippen LogP contribution in [0, 0.1) is 6.92 Å². The van der Waals surface area contributed by atoms with Crippen LogP contribution in [0.15, 0.2) is 53.3 Å². The summed E-state index contributed by atoms with van der Waals surface area (Å²) >= 11 is 5.99. The van der Waals surface area contributed by atoms with Gasteiger partial charge >= 0.3 is 0 Å². The Kier molecular flexibility index (Phi) is 3.87. The van der Waals surface area contributed by atoms with E-state index in [1.807, 2.05) is 49.4 Å². The summed E-state index contributed by atoms with van der Waals surface area (Å²) in [4.78, 5) is 17.5. The maximum atomic E-state index is 12.7. The normalized spacial score (nSPS) is 12.6. The Morgan fingerprint density at radius 3 is 2.71 bits per heavy atom. The van der Waals surface area contributed by atoms with Crippen LogP contribution in [0.4, 0.5) is 0 Å². The lowest BCUT2D eigenvalue weighted by atomic mass is 10.1. The molecule has 6 nitrogen and oxygen atoms in total. The van der Waals surface area contributed by atoms with Crippen molar-refractivity contribution in [3.05, 3.63) is 80.7 Å². The van der Waals surface area contributed by atoms with Gasteiger partial charge in [-0.3, -0.25) is 9.89 Å². The van der Waals surface area contributed by atoms with Gasteiger partial charge in [0.05, 0.1) is 5.69 Å². The number of aromatic amines is 1. The second kappa shape index (κ2) is 6.42. The molecule has 1 aliphatic heterocycles. The van der Waals surface area contributed by atoms with Gasteiger partial charge in [0.2, 0.25) is 6.79 Å². The summed E-state index contributed by atoms with van der Waals surface area (Å²) in [5.41, 5.74) is 4.83. The number of aryl methyl sites for hydroxylation is 1. The summed E-state index contributed by atoms with van der Waals surface area (Å²) in [7, 11) is 0. The molecule has 0 radical (unpaired) electrons. The number of H-pyrrole nitrogens is 1. The van der Waals surface area contributed by atoms with E-state index >= 15 is 0 Å². The van der Waals surface area contributed by atoms with Crippen LogP contribution in [0.3, 0.4) is 0 Å². The second-order valence-electron chi connectivity index (χ2n) is 6.73. The predicted molar refractivity (Wildman–Crippen MR) is 106 cm³/mol. The maximum absolute atomic E-state index is 12.7. The molecule has 1 N–H and O–H groups in total. The van der Waals surface area contributed by atoms with Gasteiger partial charge in [-0.2, -0.15) is 0 Å². The average Bonchev–Trinajstić information content (AvgIpc) is 3.28. The molecule has 5 rings (SSSR count). The van der Waals surface area contributed by atoms with Crippen LogP contribution < -0.4 is 15.0 Å². The van der Waals surface area contributed by atoms with Crippen LogP contribution in [0.1, 0.15) is 16.8 Å². The van der Waals surface area contributed by atoms with Crippen LogP contribution in [-0.4, -0.2) is 21.4 Å². The molecular formula is C21H16ClN3O3. The fraction of sp³-hybridized carbons (Fsp3) is 0.143. The first kappa shape index (κ1) is 16.9. The molecule has 140 valence electrons. The summed E-state index contributed by atoms with van der Waals surface area (Å²) in [6.45, 7) is 2.15. The van der Waals surface area contributed by atoms with Gasteiger partial charge in [0.1, 0.15) is 0 Å². The molecule has 0 spiro atoms. The van der Waals surface area contributed by atoms with Crippen LogP contribution >= 0.6 is 11.6 Å². The molecule has 0 bridgehead atoms. The Hall–Kier alpha value is -3.25. The number of halogens is 1. The van der Waals surface area contributed by atoms with E-state index in [0.717, 1.165) is 22.4 Å². The molecule has 7 heteroatoms. The van der Waals surface area contributed by atoms with E-state index in [-0.39, 0.29) is 12.4 Å². The number of rotatable bonds is 3. The Morgan fingerprint density at radius 2 is 1.89 bits per heavy atom. The topological polar surface area (TPSA) is 68.6 Å². The fourth-order valence-electron chi connectivity index (χ4n) is 3.42. The molecule has 0 fully saturated rings. The third kappa shape index (κ3) is 2.82. The SMILES string of the molecule is Cc1[nH]n2c(=O)cc(-c3ccc4c(c3)OCO4)nc2c1Cc1ccc(Cl)cc1. The van der Waals surface area contributed by atoms with Gasteiger partial charge in [0, 0.05) is 34.3 Å². The van der Waals surface area contributed by atoms with E-state index in [1.54, 1.807) is 0 Å². The predicted octanol–water partition coefficient (Wildman–Crippen LogP) is 3.97. The lowest BCUT2D eigenvalue weighted by molar-refractivity contribution is 0.174. The maximum Gasteiger partial charge on any atom is 0.273 e. The van der Waals surface area contributed by atoms with E-state index in [2.05, 4.69) is 5.10 Å². The van der Waals surface area contributed by atoms with Crippen LogP contribution in [-0.2, 0) is 6.42 Å². The van der Waals surface area contributed by atoms with Crippen molar-refractivity contribution in [1.29, 1.82) is 0 Å². The number of aromatic nitrogens is 3. The van der Waals surface area contributed by atoms with E-state index < -0.39 is 0 Å². The molecule has 3 heterocycles. The zero-order valence-electron chi connectivity index (χ0n) is 15.0. The number of hydrogen-bond donors (Lipinski definition) is 1. The number of nitrogens with zero attached hydrogens (tertiary/aromatic N) is 2. The largest absolute Gasteiger partial charge is 0.454 e. The molecule has 0 saturated heterocycles. The fourth-order valence-corrected chi connectivity index (χ4v) is 3.54. The average molecular weight is 394 g/mol. The summed E-state index contributed by atoms with van der Waals surface area (Å²) in [5.74, 6) is 1.36. The second-order valence-corrected chi connectivity index (χ2v) is 7.16. The van der Waals surface area contributed by atoms with E-state index in [1.165, 1.54) is 10.6 Å². The summed E-state index contributed by atoms with van der Waals surface area (Å²) in [6, 6.07) is 14.8. The van der Waals surface area contributed by atoms with Crippen LogP contribution in [0.5, 0.6) is 11.5 Å². The molecule has 28 heavy (non-hydrogen) atoms. The summed E-state index contributed by atoms with van der Waals surface area (Å²) in [6.07, 6.45) is 0.646. The minimum atomic E-state index is -0.164. The van der Waals surface area contributed by atoms with Crippen molar-refractivity contribution in [2.45, 2.75) is 13.3 Å². The smallest absolute Gasteiger partial charge is 0.273 e. The Labute approximate surface area is 165 Å². The molecule has 0 amide bonds. The van der Waals surface area contributed by atoms with Gasteiger partial charge in [-0.15, -0.1) is 0 Å². The number of hydrogen-bond acceptors (Lipinski definition) is 4. The first-order chi connectivity index (χ1) is 13.6. The minimum absolute atomic E-state index is 0.164. The number of ether oxygens (including phenoxy) is 2. The van der Waals surface area contributed by atoms with Gasteiger partial charge in [0.15, 0.2) is 17.1 Å². The molecule has 0 saturated carbocycles. The zero-order valence-corrected chi connectivity index (χ0v) is 15.8. The van der Waals surface area contributed by atoms with Crippen LogP contribution in [0.2, 0.25) is 5.02 Å². The highest BCUT2D eigenvalue weighted by Gasteiger charge is 2.17. The van der Waals surface area contributed by atoms with Crippen molar-refractivity contribution in [2.75, 3.05) is 6.79 Å². The Morgan fingerprint density at radius 1 is 1.11 bits per heavy atom. The standard InChI is InChI=1S/C21H16ClN3O3/c1-12-16(8-13-2-5-15(22)6-3-13)21-23-17(10-20(26)25(21)24-12)14-4-7-18-19(9-14)28-11-27-18/h2-7,9-10,24H,8,11H2,1H3. The highest BCUT2D eigenvalue weighted by atomic mass is 35.5. The molecule has 2 aromatic carbocycles. The molecule has 0 atom stereocenters. The highest BCUT2D eigenvalue weighted by molar-refractivity contribution is 6.30. The number of nitrogens with one attached hydrogen (secondary N) is 1. The van der Waals surface area contributed by atoms with Gasteiger partial charge in [-0.25, -0.2) is 9.50 Å². The Bertz CT molecular complexity index is 1260. The van der Waals surface area contributed by atoms with Crippen molar-refractivity contribution in [3.63, 3.8) is 0 Å². The number of benzene rings is 2. The lowest BCUT2D eigenvalue weighted by Crippen LogP contribution is -2.14. The van der Waals surface area contributed by atoms with Gasteiger partial charge < -0.3 is 9.47 Å². The summed E-state index contributed by atoms with van der Waals surface area (Å²) < 4.78 is 12.3. The first-order valence-electron chi connectivity index (χ1n) is 8.84. The highest BCUT2D eigenvalue weighted by Crippen LogP contribution is 2.35. The first-order valence-corrected chi connectivity index (χ1v) is 9.22. The van der Waals surface area contributed by atoms with E-state index in [4.69, 9.17) is 26.1 Å². The van der Waals surface area contributed by atoms with Crippen molar-refractivity contribution >= 4 is 17.2 Å². The van der Waals surface area contributed by atoms with Crippen LogP contribution in [0.25, 0.3) is 16.9 Å². The summed E-state index contributed by atoms with van der Waals surface area (Å²) in [5, 5.41) is 3.81. The Balaban J connectivity index is 1.63. The van der Waals surface area contributed by atoms with E-state index in [0.29, 0.717) is 34.3 Å². The number of fused-ring (bicyclic) bond motifs is 2. The van der Waals surface area contributed by atoms with Crippen molar-refractivity contribution in [3.8, 4) is 22.8 Å². The quantitative estimate of drug-likeness (QED) is 0.571. The van der Waals surface area contributed by atoms with E-state index in [9.17, 15) is 4.79 Å². The molecular weight excluding hydrogens is 378 g/mol. The third-order valence-corrected chi connectivity index (χ3v) is 5.14. The van der Waals surface area contributed by atoms with Gasteiger partial charge in [0.25, 0.3) is 5.56 Å².